The van der Waals surface area contributed by atoms with Gasteiger partial charge in [-0.1, -0.05) is 0 Å². The Balaban J connectivity index is 0. The van der Waals surface area contributed by atoms with Crippen LogP contribution in [0.5, 0.6) is 0 Å². The van der Waals surface area contributed by atoms with Crippen LogP contribution in [0.2, 0.25) is 9.26 Å². The van der Waals surface area contributed by atoms with E-state index in [4.69, 9.17) is 0 Å². The van der Waals surface area contributed by atoms with Crippen LogP contribution >= 0.6 is 0 Å². The average Bonchev–Trinajstić information content (AvgIpc) is 0.918. The van der Waals surface area contributed by atoms with Crippen LogP contribution in [0.4, 0.5) is 0 Å². The molecule has 0 unspecified atom stereocenters. The molecule has 1 radical (unpaired) electrons. The summed E-state index contributed by atoms with van der Waals surface area (Å²) in [5.41, 5.74) is 0. The molecule has 0 aromatic rings. The molecular formula is C2H8BiO. The van der Waals surface area contributed by atoms with Crippen molar-refractivity contribution in [3.05, 3.63) is 0 Å². The van der Waals surface area contributed by atoms with Crippen molar-refractivity contribution < 1.29 is 5.48 Å². The van der Waals surface area contributed by atoms with E-state index < -0.39 is 0 Å². The maximum atomic E-state index is 2.31. The molecule has 0 rings (SSSR count). The second-order valence-corrected chi connectivity index (χ2v) is 3.92. The van der Waals surface area contributed by atoms with Gasteiger partial charge in [-0.25, -0.2) is 0 Å². The third kappa shape index (κ3) is 13.6. The maximum absolute atomic E-state index is 2.31. The summed E-state index contributed by atoms with van der Waals surface area (Å²) in [4.78, 5) is 0. The van der Waals surface area contributed by atoms with Gasteiger partial charge in [0.1, 0.15) is 0 Å². The summed E-state index contributed by atoms with van der Waals surface area (Å²) in [5, 5.41) is 0. The van der Waals surface area contributed by atoms with E-state index in [1.54, 1.807) is 0 Å². The first-order valence-corrected chi connectivity index (χ1v) is 7.85. The zero-order valence-corrected chi connectivity index (χ0v) is 6.42. The molecule has 2 heteroatoms. The molecule has 0 aliphatic carbocycles. The van der Waals surface area contributed by atoms with Gasteiger partial charge in [-0.3, -0.25) is 0 Å². The molecular weight excluding hydrogens is 249 g/mol. The Morgan fingerprint density at radius 3 is 1.25 bits per heavy atom. The zero-order chi connectivity index (χ0) is 2.71. The Labute approximate surface area is 38.3 Å². The first-order chi connectivity index (χ1) is 1.41. The van der Waals surface area contributed by atoms with Gasteiger partial charge < -0.3 is 5.48 Å². The van der Waals surface area contributed by atoms with Crippen LogP contribution in [-0.4, -0.2) is 28.7 Å². The van der Waals surface area contributed by atoms with Crippen molar-refractivity contribution in [2.75, 3.05) is 0 Å². The first kappa shape index (κ1) is 8.85. The number of hydrogen-bond donors (Lipinski definition) is 0. The molecule has 0 bridgehead atoms. The molecule has 4 heavy (non-hydrogen) atoms. The monoisotopic (exact) mass is 257 g/mol. The van der Waals surface area contributed by atoms with Gasteiger partial charge in [-0.15, -0.1) is 0 Å². The van der Waals surface area contributed by atoms with Gasteiger partial charge in [-0.05, 0) is 0 Å². The van der Waals surface area contributed by atoms with E-state index in [1.165, 1.54) is 0 Å². The fraction of sp³-hybridized carbons (Fsp3) is 1.00. The summed E-state index contributed by atoms with van der Waals surface area (Å²) in [6.45, 7) is 0. The summed E-state index contributed by atoms with van der Waals surface area (Å²) in [7, 11) is 0. The summed E-state index contributed by atoms with van der Waals surface area (Å²) in [6, 6.07) is 0. The standard InChI is InChI=1S/2CH3.Bi.H2O/h2*1H3;;1H2. The van der Waals surface area contributed by atoms with Crippen LogP contribution in [0.25, 0.3) is 0 Å². The van der Waals surface area contributed by atoms with Gasteiger partial charge in [0.2, 0.25) is 0 Å². The molecule has 0 saturated heterocycles. The summed E-state index contributed by atoms with van der Waals surface area (Å²) in [6.07, 6.45) is 0. The van der Waals surface area contributed by atoms with Crippen molar-refractivity contribution in [2.24, 2.45) is 0 Å². The fourth-order valence-corrected chi connectivity index (χ4v) is 0. The van der Waals surface area contributed by atoms with Gasteiger partial charge in [0, 0.05) is 0 Å². The summed E-state index contributed by atoms with van der Waals surface area (Å²) >= 11 is 0.167. The normalized spacial score (nSPS) is 4.50. The van der Waals surface area contributed by atoms with E-state index in [0.29, 0.717) is 0 Å². The number of rotatable bonds is 0. The van der Waals surface area contributed by atoms with Crippen LogP contribution in [0, 0.1) is 0 Å². The Kier molecular flexibility index (Phi) is 20.2. The second-order valence-electron chi connectivity index (χ2n) is 0.447. The molecule has 2 N–H and O–H groups in total. The molecule has 0 aliphatic heterocycles. The molecule has 0 fully saturated rings. The topological polar surface area (TPSA) is 31.5 Å². The zero-order valence-electron chi connectivity index (χ0n) is 2.95. The van der Waals surface area contributed by atoms with E-state index >= 15 is 0 Å². The van der Waals surface area contributed by atoms with Gasteiger partial charge in [0.15, 0.2) is 0 Å². The van der Waals surface area contributed by atoms with Gasteiger partial charge in [0.25, 0.3) is 0 Å². The molecule has 0 saturated carbocycles. The Bertz CT molecular complexity index is 6.00. The van der Waals surface area contributed by atoms with Crippen molar-refractivity contribution in [3.8, 4) is 0 Å². The van der Waals surface area contributed by atoms with Crippen molar-refractivity contribution in [1.82, 2.24) is 0 Å². The van der Waals surface area contributed by atoms with E-state index in [9.17, 15) is 0 Å². The van der Waals surface area contributed by atoms with Crippen LogP contribution < -0.4 is 0 Å². The SMILES string of the molecule is O.[CH3][Bi][CH3]. The third-order valence-electron chi connectivity index (χ3n) is 0. The van der Waals surface area contributed by atoms with Gasteiger partial charge >= 0.3 is 32.5 Å². The Morgan fingerprint density at radius 2 is 1.25 bits per heavy atom. The Morgan fingerprint density at radius 1 is 1.25 bits per heavy atom. The molecule has 0 amide bonds. The molecule has 0 aromatic carbocycles. The Hall–Kier alpha value is 0.843. The molecule has 27 valence electrons. The minimum absolute atomic E-state index is 0. The molecule has 0 aliphatic rings. The quantitative estimate of drug-likeness (QED) is 0.545. The predicted octanol–water partition coefficient (Wildman–Crippen LogP) is -0.0379. The number of hydrogen-bond acceptors (Lipinski definition) is 0. The fourth-order valence-electron chi connectivity index (χ4n) is 0. The molecule has 0 aromatic heterocycles. The van der Waals surface area contributed by atoms with Crippen LogP contribution in [0.1, 0.15) is 0 Å². The van der Waals surface area contributed by atoms with Crippen LogP contribution in [0.3, 0.4) is 0 Å². The van der Waals surface area contributed by atoms with Crippen molar-refractivity contribution in [3.63, 3.8) is 0 Å². The van der Waals surface area contributed by atoms with Gasteiger partial charge in [0.05, 0.1) is 0 Å². The average molecular weight is 257 g/mol. The van der Waals surface area contributed by atoms with E-state index in [1.807, 2.05) is 0 Å². The van der Waals surface area contributed by atoms with E-state index in [2.05, 4.69) is 9.26 Å². The van der Waals surface area contributed by atoms with E-state index in [0.717, 1.165) is 0 Å². The molecule has 1 nitrogen and oxygen atoms in total. The third-order valence-corrected chi connectivity index (χ3v) is 0. The summed E-state index contributed by atoms with van der Waals surface area (Å²) < 4.78 is 4.61. The van der Waals surface area contributed by atoms with Crippen molar-refractivity contribution in [1.29, 1.82) is 0 Å². The van der Waals surface area contributed by atoms with Crippen LogP contribution in [-0.2, 0) is 0 Å². The molecule has 0 spiro atoms. The predicted molar refractivity (Wildman–Crippen MR) is 21.1 cm³/mol. The van der Waals surface area contributed by atoms with Crippen molar-refractivity contribution in [2.45, 2.75) is 9.26 Å². The molecule has 0 atom stereocenters. The van der Waals surface area contributed by atoms with E-state index in [-0.39, 0.29) is 28.7 Å². The first-order valence-electron chi connectivity index (χ1n) is 0.894. The van der Waals surface area contributed by atoms with Gasteiger partial charge in [-0.2, -0.15) is 0 Å². The summed E-state index contributed by atoms with van der Waals surface area (Å²) in [5.74, 6) is 0. The minimum atomic E-state index is 0. The molecule has 0 heterocycles. The second kappa shape index (κ2) is 9.14. The van der Waals surface area contributed by atoms with Crippen LogP contribution in [0.15, 0.2) is 0 Å². The van der Waals surface area contributed by atoms with Crippen molar-refractivity contribution >= 4 is 23.2 Å².